The van der Waals surface area contributed by atoms with Crippen LogP contribution in [0.4, 0.5) is 0 Å². The Labute approximate surface area is 90.1 Å². The number of aromatic amines is 2. The summed E-state index contributed by atoms with van der Waals surface area (Å²) in [5, 5.41) is 2.78. The van der Waals surface area contributed by atoms with Crippen molar-refractivity contribution in [2.45, 2.75) is 13.8 Å². The van der Waals surface area contributed by atoms with E-state index in [1.807, 2.05) is 0 Å². The Balaban J connectivity index is 2.57. The highest BCUT2D eigenvalue weighted by molar-refractivity contribution is 5.85. The number of nitrogens with zero attached hydrogens (tertiary/aromatic N) is 2. The number of aryl methyl sites for hydroxylation is 1. The molecule has 0 amide bonds. The van der Waals surface area contributed by atoms with E-state index in [2.05, 4.69) is 15.1 Å². The van der Waals surface area contributed by atoms with Gasteiger partial charge in [-0.05, 0) is 18.8 Å². The minimum atomic E-state index is -0.638. The van der Waals surface area contributed by atoms with Crippen LogP contribution in [-0.4, -0.2) is 27.6 Å². The van der Waals surface area contributed by atoms with E-state index in [0.717, 1.165) is 5.69 Å². The van der Waals surface area contributed by atoms with Crippen molar-refractivity contribution in [2.75, 3.05) is 6.61 Å². The third-order valence-corrected chi connectivity index (χ3v) is 2.00. The Bertz CT molecular complexity index is 598. The average molecular weight is 223 g/mol. The number of hydrogen-bond donors (Lipinski definition) is 2. The van der Waals surface area contributed by atoms with Crippen molar-refractivity contribution in [2.24, 2.45) is 0 Å². The van der Waals surface area contributed by atoms with E-state index >= 15 is 0 Å². The van der Waals surface area contributed by atoms with Crippen molar-refractivity contribution in [3.05, 3.63) is 28.1 Å². The molecule has 84 valence electrons. The van der Waals surface area contributed by atoms with Crippen LogP contribution in [0.2, 0.25) is 0 Å². The first-order valence-electron chi connectivity index (χ1n) is 4.80. The molecule has 7 heteroatoms. The molecule has 0 fully saturated rings. The average Bonchev–Trinajstić information content (AvgIpc) is 2.59. The van der Waals surface area contributed by atoms with E-state index in [1.165, 1.54) is 4.52 Å². The van der Waals surface area contributed by atoms with E-state index in [9.17, 15) is 9.59 Å². The van der Waals surface area contributed by atoms with E-state index < -0.39 is 11.7 Å². The summed E-state index contributed by atoms with van der Waals surface area (Å²) >= 11 is 0. The fourth-order valence-corrected chi connectivity index (χ4v) is 1.37. The molecular weight excluding hydrogens is 212 g/mol. The summed E-state index contributed by atoms with van der Waals surface area (Å²) in [4.78, 5) is 29.2. The molecule has 2 N–H and O–H groups in total. The zero-order valence-electron chi connectivity index (χ0n) is 8.90. The van der Waals surface area contributed by atoms with Crippen LogP contribution in [0, 0.1) is 6.92 Å². The predicted octanol–water partition coefficient (Wildman–Crippen LogP) is -0.678. The highest BCUT2D eigenvalue weighted by atomic mass is 16.5. The molecule has 16 heavy (non-hydrogen) atoms. The molecule has 0 radical (unpaired) electrons. The van der Waals surface area contributed by atoms with Gasteiger partial charge in [-0.25, -0.2) is 19.7 Å². The molecule has 2 heterocycles. The Kier molecular flexibility index (Phi) is 2.43. The topological polar surface area (TPSA) is 91.9 Å². The number of carbonyl (C=O) groups excluding carboxylic acids is 1. The number of hydrogen-bond acceptors (Lipinski definition) is 4. The highest BCUT2D eigenvalue weighted by Crippen LogP contribution is 1.95. The predicted molar refractivity (Wildman–Crippen MR) is 53.1 cm³/mol. The number of rotatable bonds is 2. The van der Waals surface area contributed by atoms with Gasteiger partial charge >= 0.3 is 17.5 Å². The molecule has 7 nitrogen and oxygen atoms in total. The van der Waals surface area contributed by atoms with Crippen molar-refractivity contribution in [3.8, 4) is 0 Å². The molecule has 2 aromatic heterocycles. The van der Waals surface area contributed by atoms with Crippen LogP contribution >= 0.6 is 0 Å². The number of esters is 1. The van der Waals surface area contributed by atoms with Crippen molar-refractivity contribution >= 4 is 11.6 Å². The number of carbonyl (C=O) groups is 1. The van der Waals surface area contributed by atoms with Crippen LogP contribution in [0.15, 0.2) is 10.9 Å². The monoisotopic (exact) mass is 223 g/mol. The van der Waals surface area contributed by atoms with Crippen LogP contribution in [-0.2, 0) is 4.74 Å². The van der Waals surface area contributed by atoms with Gasteiger partial charge in [0.1, 0.15) is 0 Å². The molecule has 0 saturated carbocycles. The molecule has 2 rings (SSSR count). The fraction of sp³-hybridized carbons (Fsp3) is 0.333. The summed E-state index contributed by atoms with van der Waals surface area (Å²) in [6.45, 7) is 3.72. The highest BCUT2D eigenvalue weighted by Gasteiger charge is 2.20. The minimum absolute atomic E-state index is 0.0918. The smallest absolute Gasteiger partial charge is 0.458 e. The number of H-pyrrole nitrogens is 2. The van der Waals surface area contributed by atoms with Crippen molar-refractivity contribution in [1.29, 1.82) is 0 Å². The van der Waals surface area contributed by atoms with Crippen LogP contribution < -0.4 is 10.2 Å². The Morgan fingerprint density at radius 3 is 3.06 bits per heavy atom. The maximum Gasteiger partial charge on any atom is 0.502 e. The maximum absolute atomic E-state index is 11.5. The fourth-order valence-electron chi connectivity index (χ4n) is 1.37. The lowest BCUT2D eigenvalue weighted by Gasteiger charge is -1.94. The Morgan fingerprint density at radius 1 is 1.62 bits per heavy atom. The third kappa shape index (κ3) is 1.67. The van der Waals surface area contributed by atoms with Gasteiger partial charge in [-0.3, -0.25) is 0 Å². The quantitative estimate of drug-likeness (QED) is 0.521. The first-order valence-corrected chi connectivity index (χ1v) is 4.80. The van der Waals surface area contributed by atoms with Gasteiger partial charge in [-0.1, -0.05) is 4.52 Å². The summed E-state index contributed by atoms with van der Waals surface area (Å²) < 4.78 is 5.97. The standard InChI is InChI=1S/C9H10N4O3/c1-3-16-8(14)7-10-6-4-5(2)12-13(6)9(15)11-7/h4H,3H2,1-2H3,(H,10,11,12,15)/p+1. The van der Waals surface area contributed by atoms with Gasteiger partial charge in [0.15, 0.2) is 0 Å². The third-order valence-electron chi connectivity index (χ3n) is 2.00. The molecule has 0 atom stereocenters. The van der Waals surface area contributed by atoms with E-state index in [4.69, 9.17) is 4.74 Å². The summed E-state index contributed by atoms with van der Waals surface area (Å²) in [7, 11) is 0. The summed E-state index contributed by atoms with van der Waals surface area (Å²) in [5.74, 6) is -0.730. The van der Waals surface area contributed by atoms with Gasteiger partial charge in [-0.15, -0.1) is 0 Å². The largest absolute Gasteiger partial charge is 0.502 e. The lowest BCUT2D eigenvalue weighted by Crippen LogP contribution is -2.45. The summed E-state index contributed by atoms with van der Waals surface area (Å²) in [5.41, 5.74) is 0.710. The Hall–Kier alpha value is -2.18. The zero-order chi connectivity index (χ0) is 11.7. The normalized spacial score (nSPS) is 10.6. The first kappa shape index (κ1) is 10.3. The van der Waals surface area contributed by atoms with Gasteiger partial charge in [-0.2, -0.15) is 0 Å². The van der Waals surface area contributed by atoms with Crippen molar-refractivity contribution < 1.29 is 14.0 Å². The van der Waals surface area contributed by atoms with E-state index in [1.54, 1.807) is 19.9 Å². The molecule has 0 aliphatic heterocycles. The Morgan fingerprint density at radius 2 is 2.38 bits per heavy atom. The van der Waals surface area contributed by atoms with Gasteiger partial charge in [0.2, 0.25) is 0 Å². The van der Waals surface area contributed by atoms with Crippen molar-refractivity contribution in [1.82, 2.24) is 15.1 Å². The van der Waals surface area contributed by atoms with Crippen LogP contribution in [0.1, 0.15) is 23.2 Å². The lowest BCUT2D eigenvalue weighted by molar-refractivity contribution is -0.598. The lowest BCUT2D eigenvalue weighted by atomic mass is 10.5. The van der Waals surface area contributed by atoms with Gasteiger partial charge in [0, 0.05) is 11.8 Å². The van der Waals surface area contributed by atoms with Gasteiger partial charge in [0.25, 0.3) is 5.65 Å². The number of aromatic nitrogens is 4. The molecule has 0 saturated heterocycles. The van der Waals surface area contributed by atoms with Gasteiger partial charge in [0.05, 0.1) is 6.61 Å². The molecule has 0 unspecified atom stereocenters. The number of ether oxygens (including phenoxy) is 1. The molecular formula is C9H11N4O3+. The second-order valence-electron chi connectivity index (χ2n) is 3.25. The number of fused-ring (bicyclic) bond motifs is 1. The van der Waals surface area contributed by atoms with Gasteiger partial charge < -0.3 is 4.74 Å². The minimum Gasteiger partial charge on any atom is -0.458 e. The first-order chi connectivity index (χ1) is 7.61. The maximum atomic E-state index is 11.5. The SMILES string of the molecule is CCOC(=O)c1nc(=O)[n+]2[nH]c(C)cc2[nH]1. The molecule has 0 aliphatic rings. The van der Waals surface area contributed by atoms with E-state index in [0.29, 0.717) is 5.65 Å². The number of nitrogens with one attached hydrogen (secondary N) is 2. The molecule has 0 bridgehead atoms. The van der Waals surface area contributed by atoms with E-state index in [-0.39, 0.29) is 12.4 Å². The summed E-state index contributed by atoms with van der Waals surface area (Å²) in [6, 6.07) is 1.70. The second kappa shape index (κ2) is 3.76. The van der Waals surface area contributed by atoms with Crippen LogP contribution in [0.25, 0.3) is 5.65 Å². The molecule has 0 aromatic carbocycles. The van der Waals surface area contributed by atoms with Crippen LogP contribution in [0.5, 0.6) is 0 Å². The molecule has 0 aliphatic carbocycles. The molecule has 0 spiro atoms. The zero-order valence-corrected chi connectivity index (χ0v) is 8.90. The summed E-state index contributed by atoms with van der Waals surface area (Å²) in [6.07, 6.45) is 0. The van der Waals surface area contributed by atoms with Crippen LogP contribution in [0.3, 0.4) is 0 Å². The molecule has 2 aromatic rings. The van der Waals surface area contributed by atoms with Crippen molar-refractivity contribution in [3.63, 3.8) is 0 Å². The second-order valence-corrected chi connectivity index (χ2v) is 3.25.